The van der Waals surface area contributed by atoms with Crippen LogP contribution < -0.4 is 5.32 Å². The highest BCUT2D eigenvalue weighted by Crippen LogP contribution is 2.31. The van der Waals surface area contributed by atoms with E-state index in [1.54, 1.807) is 0 Å². The molecule has 0 fully saturated rings. The minimum absolute atomic E-state index is 0.0250. The van der Waals surface area contributed by atoms with Gasteiger partial charge in [0.1, 0.15) is 5.92 Å². The second-order valence-corrected chi connectivity index (χ2v) is 6.13. The van der Waals surface area contributed by atoms with Gasteiger partial charge in [0, 0.05) is 19.5 Å². The van der Waals surface area contributed by atoms with Gasteiger partial charge < -0.3 is 15.5 Å². The number of hydrogen-bond acceptors (Lipinski definition) is 4. The third kappa shape index (κ3) is 6.30. The van der Waals surface area contributed by atoms with E-state index in [0.29, 0.717) is 6.54 Å². The van der Waals surface area contributed by atoms with Crippen LogP contribution in [0.2, 0.25) is 0 Å². The van der Waals surface area contributed by atoms with Crippen LogP contribution in [-0.2, 0) is 20.7 Å². The van der Waals surface area contributed by atoms with E-state index < -0.39 is 31.5 Å². The first-order chi connectivity index (χ1) is 10.4. The fourth-order valence-corrected chi connectivity index (χ4v) is 2.96. The summed E-state index contributed by atoms with van der Waals surface area (Å²) in [6, 6.07) is 9.32. The molecule has 0 saturated heterocycles. The van der Waals surface area contributed by atoms with Gasteiger partial charge in [-0.2, -0.15) is 4.89 Å². The molecule has 0 spiro atoms. The zero-order chi connectivity index (χ0) is 16.5. The molecule has 1 aromatic carbocycles. The van der Waals surface area contributed by atoms with Crippen molar-refractivity contribution in [3.8, 4) is 0 Å². The van der Waals surface area contributed by atoms with E-state index in [1.807, 2.05) is 30.3 Å². The van der Waals surface area contributed by atoms with Gasteiger partial charge in [-0.15, -0.1) is 0 Å². The molecule has 0 aliphatic carbocycles. The summed E-state index contributed by atoms with van der Waals surface area (Å²) in [5, 5.41) is 20.8. The molecule has 1 aromatic rings. The molecule has 0 heterocycles. The van der Waals surface area contributed by atoms with Gasteiger partial charge in [0.05, 0.1) is 0 Å². The van der Waals surface area contributed by atoms with Crippen LogP contribution in [0.15, 0.2) is 30.3 Å². The van der Waals surface area contributed by atoms with Crippen molar-refractivity contribution in [1.82, 2.24) is 5.32 Å². The molecule has 1 rings (SSSR count). The Bertz CT molecular complexity index is 521. The van der Waals surface area contributed by atoms with Gasteiger partial charge in [0.2, 0.25) is 5.66 Å². The van der Waals surface area contributed by atoms with E-state index in [2.05, 4.69) is 5.32 Å². The van der Waals surface area contributed by atoms with E-state index in [1.165, 1.54) is 0 Å². The fourth-order valence-electron chi connectivity index (χ4n) is 2.09. The molecule has 3 unspecified atom stereocenters. The van der Waals surface area contributed by atoms with Crippen molar-refractivity contribution in [2.24, 2.45) is 5.92 Å². The number of rotatable bonds is 10. The molecule has 0 amide bonds. The first kappa shape index (κ1) is 18.2. The van der Waals surface area contributed by atoms with Gasteiger partial charge in [0.25, 0.3) is 0 Å². The van der Waals surface area contributed by atoms with E-state index >= 15 is 0 Å². The average molecular weight is 328 g/mol. The number of hydrogen-bond donors (Lipinski definition) is 4. The number of aliphatic carboxylic acids is 2. The molecule has 0 saturated carbocycles. The molecule has 8 heteroatoms. The van der Waals surface area contributed by atoms with Crippen molar-refractivity contribution in [3.63, 3.8) is 0 Å². The standard InChI is InChI=1S/C14H18NO6P/c16-13(17)7-6-11(14(18)19)12(22(20)21)9-15-8-10-4-2-1-3-5-10/h1-5,11-12,15H,6-9H2,(H2-,16,17,18,19,20,21)/p+1. The van der Waals surface area contributed by atoms with Crippen molar-refractivity contribution in [1.29, 1.82) is 0 Å². The highest BCUT2D eigenvalue weighted by molar-refractivity contribution is 7.39. The third-order valence-electron chi connectivity index (χ3n) is 3.26. The molecule has 0 aromatic heterocycles. The van der Waals surface area contributed by atoms with Crippen LogP contribution in [-0.4, -0.2) is 39.2 Å². The topological polar surface area (TPSA) is 124 Å². The Morgan fingerprint density at radius 2 is 1.82 bits per heavy atom. The quantitative estimate of drug-likeness (QED) is 0.479. The molecule has 22 heavy (non-hydrogen) atoms. The number of carboxylic acids is 2. The van der Waals surface area contributed by atoms with Gasteiger partial charge in [-0.3, -0.25) is 9.59 Å². The highest BCUT2D eigenvalue weighted by atomic mass is 31.1. The maximum absolute atomic E-state index is 11.4. The zero-order valence-electron chi connectivity index (χ0n) is 11.9. The van der Waals surface area contributed by atoms with Gasteiger partial charge >= 0.3 is 20.0 Å². The number of carboxylic acid groups (broad SMARTS) is 2. The van der Waals surface area contributed by atoms with Crippen molar-refractivity contribution in [2.45, 2.75) is 25.0 Å². The SMILES string of the molecule is O=C(O)CCC(C(=O)O)C(CNCc1ccccc1)[P+](=O)O. The molecule has 0 bridgehead atoms. The Kier molecular flexibility index (Phi) is 7.66. The van der Waals surface area contributed by atoms with Crippen LogP contribution in [0.4, 0.5) is 0 Å². The predicted octanol–water partition coefficient (Wildman–Crippen LogP) is 1.45. The Morgan fingerprint density at radius 3 is 2.32 bits per heavy atom. The Hall–Kier alpha value is -1.82. The molecule has 0 radical (unpaired) electrons. The lowest BCUT2D eigenvalue weighted by Gasteiger charge is -2.14. The van der Waals surface area contributed by atoms with Crippen LogP contribution >= 0.6 is 8.03 Å². The molecule has 7 nitrogen and oxygen atoms in total. The first-order valence-electron chi connectivity index (χ1n) is 6.76. The second-order valence-electron chi connectivity index (χ2n) is 4.86. The van der Waals surface area contributed by atoms with Crippen LogP contribution in [0.25, 0.3) is 0 Å². The molecular formula is C14H19NO6P+. The molecular weight excluding hydrogens is 309 g/mol. The summed E-state index contributed by atoms with van der Waals surface area (Å²) in [4.78, 5) is 31.2. The smallest absolute Gasteiger partial charge is 0.481 e. The molecule has 120 valence electrons. The summed E-state index contributed by atoms with van der Waals surface area (Å²) >= 11 is 0. The summed E-state index contributed by atoms with van der Waals surface area (Å²) in [5.74, 6) is -3.56. The monoisotopic (exact) mass is 328 g/mol. The normalized spacial score (nSPS) is 14.1. The summed E-state index contributed by atoms with van der Waals surface area (Å²) in [7, 11) is -2.73. The summed E-state index contributed by atoms with van der Waals surface area (Å²) < 4.78 is 11.4. The second kappa shape index (κ2) is 9.25. The number of nitrogens with one attached hydrogen (secondary N) is 1. The third-order valence-corrected chi connectivity index (χ3v) is 4.37. The maximum atomic E-state index is 11.4. The zero-order valence-corrected chi connectivity index (χ0v) is 12.8. The van der Waals surface area contributed by atoms with Crippen molar-refractivity contribution >= 4 is 20.0 Å². The lowest BCUT2D eigenvalue weighted by atomic mass is 9.99. The van der Waals surface area contributed by atoms with E-state index in [4.69, 9.17) is 10.2 Å². The predicted molar refractivity (Wildman–Crippen MR) is 79.8 cm³/mol. The Labute approximate surface area is 128 Å². The fraction of sp³-hybridized carbons (Fsp3) is 0.429. The van der Waals surface area contributed by atoms with Crippen LogP contribution in [0.3, 0.4) is 0 Å². The Balaban J connectivity index is 2.63. The van der Waals surface area contributed by atoms with Crippen LogP contribution in [0, 0.1) is 5.92 Å². The van der Waals surface area contributed by atoms with Crippen LogP contribution in [0.5, 0.6) is 0 Å². The minimum atomic E-state index is -2.73. The molecule has 0 aliphatic heterocycles. The maximum Gasteiger partial charge on any atom is 0.510 e. The summed E-state index contributed by atoms with van der Waals surface area (Å²) in [6.07, 6.45) is -0.528. The van der Waals surface area contributed by atoms with Gasteiger partial charge in [-0.25, -0.2) is 0 Å². The van der Waals surface area contributed by atoms with Crippen molar-refractivity contribution in [3.05, 3.63) is 35.9 Å². The lowest BCUT2D eigenvalue weighted by Crippen LogP contribution is -2.35. The molecule has 3 atom stereocenters. The number of benzene rings is 1. The van der Waals surface area contributed by atoms with E-state index in [-0.39, 0.29) is 19.4 Å². The largest absolute Gasteiger partial charge is 0.510 e. The minimum Gasteiger partial charge on any atom is -0.481 e. The number of carbonyl (C=O) groups is 2. The average Bonchev–Trinajstić information content (AvgIpc) is 2.45. The van der Waals surface area contributed by atoms with Crippen molar-refractivity contribution < 1.29 is 29.3 Å². The van der Waals surface area contributed by atoms with E-state index in [0.717, 1.165) is 5.56 Å². The van der Waals surface area contributed by atoms with Gasteiger partial charge in [-0.1, -0.05) is 30.3 Å². The summed E-state index contributed by atoms with van der Waals surface area (Å²) in [5.41, 5.74) is -0.0672. The van der Waals surface area contributed by atoms with Gasteiger partial charge in [0.15, 0.2) is 0 Å². The van der Waals surface area contributed by atoms with Gasteiger partial charge in [-0.05, 0) is 16.5 Å². The summed E-state index contributed by atoms with van der Waals surface area (Å²) in [6.45, 7) is 0.461. The Morgan fingerprint density at radius 1 is 1.18 bits per heavy atom. The lowest BCUT2D eigenvalue weighted by molar-refractivity contribution is -0.143. The highest BCUT2D eigenvalue weighted by Gasteiger charge is 2.41. The van der Waals surface area contributed by atoms with Crippen LogP contribution in [0.1, 0.15) is 18.4 Å². The van der Waals surface area contributed by atoms with Crippen molar-refractivity contribution in [2.75, 3.05) is 6.54 Å². The first-order valence-corrected chi connectivity index (χ1v) is 8.04. The van der Waals surface area contributed by atoms with E-state index in [9.17, 15) is 19.0 Å². The molecule has 4 N–H and O–H groups in total. The molecule has 0 aliphatic rings.